The van der Waals surface area contributed by atoms with Crippen LogP contribution in [0.4, 0.5) is 0 Å². The van der Waals surface area contributed by atoms with E-state index in [1.165, 1.54) is 49.2 Å². The number of fused-ring (bicyclic) bond motifs is 6. The maximum absolute atomic E-state index is 8.85. The Labute approximate surface area is 379 Å². The number of nitrogens with one attached hydrogen (secondary N) is 1. The summed E-state index contributed by atoms with van der Waals surface area (Å²) in [6, 6.07) is 79.1. The third-order valence-corrected chi connectivity index (χ3v) is 12.8. The zero-order chi connectivity index (χ0) is 42.3. The first-order chi connectivity index (χ1) is 31.1. The predicted octanol–water partition coefficient (Wildman–Crippen LogP) is 15.5. The summed E-state index contributed by atoms with van der Waals surface area (Å²) in [6.07, 6.45) is 1.86. The molecule has 0 spiro atoms. The summed E-state index contributed by atoms with van der Waals surface area (Å²) in [5, 5.41) is 13.8. The molecule has 0 bridgehead atoms. The lowest BCUT2D eigenvalue weighted by atomic mass is 10.0. The molecular weight excluding hydrogens is 880 g/mol. The lowest BCUT2D eigenvalue weighted by Crippen LogP contribution is -1.98. The van der Waals surface area contributed by atoms with Crippen molar-refractivity contribution >= 4 is 81.3 Å². The van der Waals surface area contributed by atoms with Gasteiger partial charge in [0.05, 0.1) is 33.5 Å². The summed E-state index contributed by atoms with van der Waals surface area (Å²) in [5.41, 5.74) is 15.6. The minimum Gasteiger partial charge on any atom is -0.309 e. The van der Waals surface area contributed by atoms with Crippen LogP contribution in [0.2, 0.25) is 0 Å². The summed E-state index contributed by atoms with van der Waals surface area (Å²) in [7, 11) is 0. The van der Waals surface area contributed by atoms with Gasteiger partial charge in [0.25, 0.3) is 0 Å². The van der Waals surface area contributed by atoms with E-state index >= 15 is 0 Å². The molecule has 0 atom stereocenters. The van der Waals surface area contributed by atoms with Gasteiger partial charge in [0, 0.05) is 44.0 Å². The Bertz CT molecular complexity index is 3560. The van der Waals surface area contributed by atoms with Gasteiger partial charge in [0.15, 0.2) is 0 Å². The van der Waals surface area contributed by atoms with Crippen molar-refractivity contribution in [2.45, 2.75) is 0 Å². The number of benzene rings is 9. The number of rotatable bonds is 9. The van der Waals surface area contributed by atoms with Gasteiger partial charge < -0.3 is 14.5 Å². The molecule has 0 aliphatic carbocycles. The Balaban J connectivity index is 0.939. The van der Waals surface area contributed by atoms with Crippen LogP contribution in [0.1, 0.15) is 16.7 Å². The van der Waals surface area contributed by atoms with Crippen molar-refractivity contribution in [3.05, 3.63) is 247 Å². The quantitative estimate of drug-likeness (QED) is 0.111. The predicted molar refractivity (Wildman–Crippen MR) is 274 cm³/mol. The van der Waals surface area contributed by atoms with E-state index in [1.54, 1.807) is 0 Å². The van der Waals surface area contributed by atoms with Gasteiger partial charge >= 0.3 is 0 Å². The molecule has 0 saturated carbocycles. The third-order valence-electron chi connectivity index (χ3n) is 11.9. The Kier molecular flexibility index (Phi) is 9.94. The largest absolute Gasteiger partial charge is 0.309 e. The van der Waals surface area contributed by atoms with E-state index in [0.29, 0.717) is 5.71 Å². The van der Waals surface area contributed by atoms with Crippen LogP contribution in [0.3, 0.4) is 0 Å². The molecule has 0 saturated heterocycles. The van der Waals surface area contributed by atoms with Gasteiger partial charge in [-0.3, -0.25) is 0 Å². The van der Waals surface area contributed by atoms with Crippen molar-refractivity contribution < 1.29 is 0 Å². The highest BCUT2D eigenvalue weighted by molar-refractivity contribution is 14.1. The average Bonchev–Trinajstić information content (AvgIpc) is 3.87. The van der Waals surface area contributed by atoms with Crippen molar-refractivity contribution in [3.8, 4) is 33.6 Å². The summed E-state index contributed by atoms with van der Waals surface area (Å²) in [4.78, 5) is 5.13. The number of halogens is 1. The first-order valence-corrected chi connectivity index (χ1v) is 22.1. The Morgan fingerprint density at radius 1 is 0.381 bits per heavy atom. The summed E-state index contributed by atoms with van der Waals surface area (Å²) >= 11 is 2.33. The molecule has 0 amide bonds. The normalized spacial score (nSPS) is 12.1. The van der Waals surface area contributed by atoms with Gasteiger partial charge in [-0.15, -0.1) is 0 Å². The summed E-state index contributed by atoms with van der Waals surface area (Å²) < 4.78 is 5.61. The molecule has 9 aromatic carbocycles. The Hall–Kier alpha value is -7.61. The highest BCUT2D eigenvalue weighted by Gasteiger charge is 2.16. The molecule has 2 aromatic heterocycles. The second-order valence-electron chi connectivity index (χ2n) is 15.7. The molecule has 2 heterocycles. The molecule has 0 aliphatic heterocycles. The number of allylic oxidation sites excluding steroid dienone is 1. The van der Waals surface area contributed by atoms with E-state index < -0.39 is 0 Å². The van der Waals surface area contributed by atoms with E-state index in [0.717, 1.165) is 54.1 Å². The van der Waals surface area contributed by atoms with E-state index in [2.05, 4.69) is 196 Å². The van der Waals surface area contributed by atoms with E-state index in [1.807, 2.05) is 66.7 Å². The molecule has 1 N–H and O–H groups in total. The Morgan fingerprint density at radius 3 is 1.59 bits per heavy atom. The number of hydrogen-bond donors (Lipinski definition) is 1. The number of para-hydroxylation sites is 3. The van der Waals surface area contributed by atoms with Crippen LogP contribution in [0.15, 0.2) is 236 Å². The molecule has 0 aliphatic rings. The van der Waals surface area contributed by atoms with Gasteiger partial charge in [-0.05, 0) is 117 Å². The second kappa shape index (κ2) is 16.3. The molecule has 0 radical (unpaired) electrons. The smallest absolute Gasteiger partial charge is 0.109 e. The first-order valence-electron chi connectivity index (χ1n) is 21.1. The fourth-order valence-corrected chi connectivity index (χ4v) is 9.46. The van der Waals surface area contributed by atoms with Crippen molar-refractivity contribution in [3.63, 3.8) is 0 Å². The van der Waals surface area contributed by atoms with Gasteiger partial charge in [0.2, 0.25) is 0 Å². The molecule has 0 fully saturated rings. The molecule has 5 heteroatoms. The van der Waals surface area contributed by atoms with Crippen LogP contribution in [0.25, 0.3) is 82.9 Å². The monoisotopic (exact) mass is 918 g/mol. The lowest BCUT2D eigenvalue weighted by molar-refractivity contribution is 1.18. The molecule has 4 nitrogen and oxygen atoms in total. The molecule has 11 aromatic rings. The Morgan fingerprint density at radius 2 is 0.873 bits per heavy atom. The van der Waals surface area contributed by atoms with Gasteiger partial charge in [-0.1, -0.05) is 164 Å². The summed E-state index contributed by atoms with van der Waals surface area (Å²) in [5.74, 6) is 0. The van der Waals surface area contributed by atoms with Crippen LogP contribution in [0.5, 0.6) is 0 Å². The van der Waals surface area contributed by atoms with Crippen LogP contribution in [0, 0.1) is 5.41 Å². The van der Waals surface area contributed by atoms with Crippen molar-refractivity contribution in [1.29, 1.82) is 5.41 Å². The maximum atomic E-state index is 8.85. The van der Waals surface area contributed by atoms with Gasteiger partial charge in [-0.25, -0.2) is 4.99 Å². The highest BCUT2D eigenvalue weighted by Crippen LogP contribution is 2.38. The van der Waals surface area contributed by atoms with E-state index in [9.17, 15) is 0 Å². The van der Waals surface area contributed by atoms with Crippen LogP contribution in [-0.2, 0) is 0 Å². The van der Waals surface area contributed by atoms with Crippen LogP contribution in [-0.4, -0.2) is 18.6 Å². The second-order valence-corrected chi connectivity index (χ2v) is 16.7. The molecule has 0 unspecified atom stereocenters. The zero-order valence-corrected chi connectivity index (χ0v) is 36.3. The fraction of sp³-hybridized carbons (Fsp3) is 0. The zero-order valence-electron chi connectivity index (χ0n) is 34.2. The molecule has 11 rings (SSSR count). The van der Waals surface area contributed by atoms with Crippen LogP contribution >= 0.6 is 22.6 Å². The van der Waals surface area contributed by atoms with Crippen LogP contribution < -0.4 is 0 Å². The average molecular weight is 919 g/mol. The summed E-state index contributed by atoms with van der Waals surface area (Å²) in [6.45, 7) is 0. The lowest BCUT2D eigenvalue weighted by Gasteiger charge is -2.11. The fourth-order valence-electron chi connectivity index (χ4n) is 8.86. The third kappa shape index (κ3) is 7.16. The van der Waals surface area contributed by atoms with Gasteiger partial charge in [-0.2, -0.15) is 0 Å². The first kappa shape index (κ1) is 38.3. The molecule has 298 valence electrons. The standard InChI is InChI=1S/C58H39IN4/c59-58(61-53(41-17-6-2-7-18-41)38-52(60)40-15-4-1-5-16-40)45-20-14-19-42(35-45)43-30-34-56-51(36-43)49-24-11-13-26-55(49)62(56)47-31-27-39(28-32-47)44-29-33-50-48-23-10-12-25-54(48)63(57(50)37-44)46-21-8-3-9-22-46/h1-38,60H/b53-38-,60-52?,61-58?. The number of nitrogens with zero attached hydrogens (tertiary/aromatic N) is 3. The highest BCUT2D eigenvalue weighted by atomic mass is 127. The van der Waals surface area contributed by atoms with Gasteiger partial charge in [0.1, 0.15) is 3.72 Å². The number of aromatic nitrogens is 2. The molecular formula is C58H39IN4. The minimum absolute atomic E-state index is 0.417. The maximum Gasteiger partial charge on any atom is 0.109 e. The van der Waals surface area contributed by atoms with E-state index in [-0.39, 0.29) is 0 Å². The topological polar surface area (TPSA) is 46.1 Å². The van der Waals surface area contributed by atoms with Crippen molar-refractivity contribution in [1.82, 2.24) is 9.13 Å². The number of aliphatic imine (C=N–C) groups is 1. The molecule has 63 heavy (non-hydrogen) atoms. The van der Waals surface area contributed by atoms with Crippen molar-refractivity contribution in [2.24, 2.45) is 4.99 Å². The number of hydrogen-bond acceptors (Lipinski definition) is 2. The van der Waals surface area contributed by atoms with E-state index in [4.69, 9.17) is 10.4 Å². The SMILES string of the molecule is N=C(/C=C(\N=C(I)c1cccc(-c2ccc3c(c2)c2ccccc2n3-c2ccc(-c3ccc4c5ccccc5n(-c5ccccc5)c4c3)cc2)c1)c1ccccc1)c1ccccc1. The minimum atomic E-state index is 0.417. The van der Waals surface area contributed by atoms with Crippen molar-refractivity contribution in [2.75, 3.05) is 0 Å².